The van der Waals surface area contributed by atoms with Gasteiger partial charge in [0.1, 0.15) is 6.42 Å². The fourth-order valence-electron chi connectivity index (χ4n) is 2.95. The molecule has 0 spiro atoms. The van der Waals surface area contributed by atoms with E-state index in [0.29, 0.717) is 5.92 Å². The molecular formula is C13H21N3O. The number of piperidine rings is 1. The van der Waals surface area contributed by atoms with Crippen molar-refractivity contribution in [2.75, 3.05) is 32.7 Å². The second-order valence-corrected chi connectivity index (χ2v) is 5.19. The standard InChI is InChI=1S/C13H21N3O/c14-6-5-13(17)16-9-3-4-12(11-16)10-15-7-1-2-8-15/h12H,1-5,7-11H2/t12-/m1/s1. The van der Waals surface area contributed by atoms with Crippen molar-refractivity contribution in [3.8, 4) is 6.07 Å². The summed E-state index contributed by atoms with van der Waals surface area (Å²) in [5.74, 6) is 0.628. The molecule has 0 N–H and O–H groups in total. The SMILES string of the molecule is N#CCC(=O)N1CCC[C@H](CN2CCCC2)C1. The summed E-state index contributed by atoms with van der Waals surface area (Å²) in [6, 6.07) is 1.95. The quantitative estimate of drug-likeness (QED) is 0.739. The molecule has 0 aliphatic carbocycles. The molecule has 0 radical (unpaired) electrons. The molecule has 4 nitrogen and oxygen atoms in total. The van der Waals surface area contributed by atoms with Gasteiger partial charge < -0.3 is 9.80 Å². The molecule has 2 saturated heterocycles. The van der Waals surface area contributed by atoms with Gasteiger partial charge in [0, 0.05) is 19.6 Å². The van der Waals surface area contributed by atoms with E-state index in [1.54, 1.807) is 0 Å². The van der Waals surface area contributed by atoms with Crippen molar-refractivity contribution < 1.29 is 4.79 Å². The van der Waals surface area contributed by atoms with Crippen LogP contribution in [-0.4, -0.2) is 48.4 Å². The summed E-state index contributed by atoms with van der Waals surface area (Å²) < 4.78 is 0. The molecule has 0 unspecified atom stereocenters. The number of nitriles is 1. The molecule has 2 aliphatic rings. The minimum atomic E-state index is 0.0126. The molecule has 2 aliphatic heterocycles. The summed E-state index contributed by atoms with van der Waals surface area (Å²) in [5, 5.41) is 8.56. The first-order chi connectivity index (χ1) is 8.29. The first-order valence-corrected chi connectivity index (χ1v) is 6.66. The van der Waals surface area contributed by atoms with Crippen LogP contribution in [0, 0.1) is 17.2 Å². The van der Waals surface area contributed by atoms with E-state index in [1.807, 2.05) is 11.0 Å². The monoisotopic (exact) mass is 235 g/mol. The summed E-state index contributed by atoms with van der Waals surface area (Å²) >= 11 is 0. The van der Waals surface area contributed by atoms with Crippen molar-refractivity contribution in [1.29, 1.82) is 5.26 Å². The van der Waals surface area contributed by atoms with E-state index in [4.69, 9.17) is 5.26 Å². The van der Waals surface area contributed by atoms with Crippen LogP contribution in [-0.2, 0) is 4.79 Å². The molecule has 17 heavy (non-hydrogen) atoms. The van der Waals surface area contributed by atoms with Crippen LogP contribution in [0.2, 0.25) is 0 Å². The predicted molar refractivity (Wildman–Crippen MR) is 65.2 cm³/mol. The van der Waals surface area contributed by atoms with Crippen LogP contribution in [0.3, 0.4) is 0 Å². The summed E-state index contributed by atoms with van der Waals surface area (Å²) in [6.07, 6.45) is 5.01. The normalized spacial score (nSPS) is 25.8. The smallest absolute Gasteiger partial charge is 0.236 e. The number of amides is 1. The van der Waals surface area contributed by atoms with Crippen molar-refractivity contribution in [3.63, 3.8) is 0 Å². The van der Waals surface area contributed by atoms with Gasteiger partial charge >= 0.3 is 0 Å². The van der Waals surface area contributed by atoms with Crippen molar-refractivity contribution >= 4 is 5.91 Å². The molecule has 2 heterocycles. The van der Waals surface area contributed by atoms with E-state index in [0.717, 1.165) is 26.1 Å². The van der Waals surface area contributed by atoms with Gasteiger partial charge in [0.25, 0.3) is 0 Å². The maximum absolute atomic E-state index is 11.7. The maximum Gasteiger partial charge on any atom is 0.236 e. The van der Waals surface area contributed by atoms with Gasteiger partial charge in [-0.05, 0) is 44.7 Å². The van der Waals surface area contributed by atoms with Crippen molar-refractivity contribution in [3.05, 3.63) is 0 Å². The average molecular weight is 235 g/mol. The number of likely N-dealkylation sites (tertiary alicyclic amines) is 2. The van der Waals surface area contributed by atoms with Crippen molar-refractivity contribution in [2.24, 2.45) is 5.92 Å². The summed E-state index contributed by atoms with van der Waals surface area (Å²) in [4.78, 5) is 16.1. The molecule has 2 fully saturated rings. The van der Waals surface area contributed by atoms with Crippen molar-refractivity contribution in [2.45, 2.75) is 32.1 Å². The van der Waals surface area contributed by atoms with E-state index in [-0.39, 0.29) is 12.3 Å². The fraction of sp³-hybridized carbons (Fsp3) is 0.846. The third-order valence-corrected chi connectivity index (χ3v) is 3.82. The molecule has 4 heteroatoms. The molecule has 0 aromatic rings. The van der Waals surface area contributed by atoms with Gasteiger partial charge in [-0.1, -0.05) is 0 Å². The largest absolute Gasteiger partial charge is 0.341 e. The number of carbonyl (C=O) groups is 1. The molecule has 2 rings (SSSR count). The minimum absolute atomic E-state index is 0.0126. The van der Waals surface area contributed by atoms with E-state index in [9.17, 15) is 4.79 Å². The second-order valence-electron chi connectivity index (χ2n) is 5.19. The zero-order valence-corrected chi connectivity index (χ0v) is 10.4. The van der Waals surface area contributed by atoms with E-state index >= 15 is 0 Å². The lowest BCUT2D eigenvalue weighted by Crippen LogP contribution is -2.43. The summed E-state index contributed by atoms with van der Waals surface area (Å²) in [5.41, 5.74) is 0. The van der Waals surface area contributed by atoms with E-state index in [1.165, 1.54) is 32.4 Å². The molecule has 0 saturated carbocycles. The van der Waals surface area contributed by atoms with Crippen LogP contribution in [0.25, 0.3) is 0 Å². The zero-order valence-electron chi connectivity index (χ0n) is 10.4. The summed E-state index contributed by atoms with van der Waals surface area (Å²) in [6.45, 7) is 5.29. The average Bonchev–Trinajstić information content (AvgIpc) is 2.82. The molecule has 0 aromatic heterocycles. The molecule has 0 bridgehead atoms. The van der Waals surface area contributed by atoms with Crippen LogP contribution in [0.1, 0.15) is 32.1 Å². The Bertz CT molecular complexity index is 304. The second kappa shape index (κ2) is 6.02. The topological polar surface area (TPSA) is 47.3 Å². The van der Waals surface area contributed by atoms with Gasteiger partial charge in [-0.2, -0.15) is 5.26 Å². The third-order valence-electron chi connectivity index (χ3n) is 3.82. The highest BCUT2D eigenvalue weighted by Crippen LogP contribution is 2.20. The lowest BCUT2D eigenvalue weighted by atomic mass is 9.97. The molecule has 0 aromatic carbocycles. The zero-order chi connectivity index (χ0) is 12.1. The Kier molecular flexibility index (Phi) is 4.38. The Labute approximate surface area is 103 Å². The first kappa shape index (κ1) is 12.4. The third kappa shape index (κ3) is 3.44. The lowest BCUT2D eigenvalue weighted by Gasteiger charge is -2.34. The van der Waals surface area contributed by atoms with Gasteiger partial charge in [-0.25, -0.2) is 0 Å². The fourth-order valence-corrected chi connectivity index (χ4v) is 2.95. The maximum atomic E-state index is 11.7. The summed E-state index contributed by atoms with van der Waals surface area (Å²) in [7, 11) is 0. The highest BCUT2D eigenvalue weighted by molar-refractivity contribution is 5.78. The first-order valence-electron chi connectivity index (χ1n) is 6.66. The van der Waals surface area contributed by atoms with Gasteiger partial charge in [0.15, 0.2) is 0 Å². The van der Waals surface area contributed by atoms with Crippen LogP contribution >= 0.6 is 0 Å². The Morgan fingerprint density at radius 1 is 1.24 bits per heavy atom. The van der Waals surface area contributed by atoms with Crippen LogP contribution in [0.15, 0.2) is 0 Å². The minimum Gasteiger partial charge on any atom is -0.341 e. The Morgan fingerprint density at radius 3 is 2.71 bits per heavy atom. The van der Waals surface area contributed by atoms with Gasteiger partial charge in [-0.3, -0.25) is 4.79 Å². The highest BCUT2D eigenvalue weighted by atomic mass is 16.2. The number of rotatable bonds is 3. The highest BCUT2D eigenvalue weighted by Gasteiger charge is 2.25. The molecule has 94 valence electrons. The molecular weight excluding hydrogens is 214 g/mol. The van der Waals surface area contributed by atoms with Gasteiger partial charge in [-0.15, -0.1) is 0 Å². The Morgan fingerprint density at radius 2 is 2.00 bits per heavy atom. The van der Waals surface area contributed by atoms with Crippen LogP contribution in [0.4, 0.5) is 0 Å². The van der Waals surface area contributed by atoms with E-state index < -0.39 is 0 Å². The van der Waals surface area contributed by atoms with Crippen LogP contribution in [0.5, 0.6) is 0 Å². The molecule has 1 atom stereocenters. The van der Waals surface area contributed by atoms with Crippen LogP contribution < -0.4 is 0 Å². The number of hydrogen-bond acceptors (Lipinski definition) is 3. The van der Waals surface area contributed by atoms with Gasteiger partial charge in [0.2, 0.25) is 5.91 Å². The Balaban J connectivity index is 1.80. The lowest BCUT2D eigenvalue weighted by molar-refractivity contribution is -0.132. The predicted octanol–water partition coefficient (Wildman–Crippen LogP) is 1.23. The van der Waals surface area contributed by atoms with Gasteiger partial charge in [0.05, 0.1) is 6.07 Å². The number of hydrogen-bond donors (Lipinski definition) is 0. The molecule has 1 amide bonds. The van der Waals surface area contributed by atoms with E-state index in [2.05, 4.69) is 4.90 Å². The van der Waals surface area contributed by atoms with Crippen molar-refractivity contribution in [1.82, 2.24) is 9.80 Å². The number of carbonyl (C=O) groups excluding carboxylic acids is 1. The number of nitrogens with zero attached hydrogens (tertiary/aromatic N) is 3. The Hall–Kier alpha value is -1.08.